The molecule has 2 aliphatic rings. The molecule has 0 bridgehead atoms. The molecule has 0 spiro atoms. The topological polar surface area (TPSA) is 57.5 Å². The van der Waals surface area contributed by atoms with Crippen LogP contribution in [0, 0.1) is 18.3 Å². The maximum Gasteiger partial charge on any atom is 0.136 e. The molecule has 0 radical (unpaired) electrons. The van der Waals surface area contributed by atoms with Gasteiger partial charge in [-0.15, -0.1) is 0 Å². The van der Waals surface area contributed by atoms with Gasteiger partial charge in [-0.05, 0) is 24.1 Å². The van der Waals surface area contributed by atoms with Crippen LogP contribution in [-0.4, -0.2) is 50.8 Å². The van der Waals surface area contributed by atoms with Gasteiger partial charge in [-0.25, -0.2) is 0 Å². The van der Waals surface area contributed by atoms with Gasteiger partial charge in [0.05, 0.1) is 25.4 Å². The van der Waals surface area contributed by atoms with Crippen molar-refractivity contribution in [2.75, 3.05) is 39.9 Å². The fourth-order valence-electron chi connectivity index (χ4n) is 3.25. The summed E-state index contributed by atoms with van der Waals surface area (Å²) in [5, 5.41) is 12.8. The van der Waals surface area contributed by atoms with Crippen LogP contribution in [0.25, 0.3) is 0 Å². The van der Waals surface area contributed by atoms with E-state index in [4.69, 9.17) is 9.47 Å². The molecule has 2 saturated heterocycles. The number of ether oxygens (including phenoxy) is 2. The van der Waals surface area contributed by atoms with Gasteiger partial charge in [0.2, 0.25) is 0 Å². The zero-order valence-corrected chi connectivity index (χ0v) is 12.6. The van der Waals surface area contributed by atoms with E-state index >= 15 is 0 Å². The summed E-state index contributed by atoms with van der Waals surface area (Å²) in [6, 6.07) is 6.62. The number of nitriles is 1. The lowest BCUT2D eigenvalue weighted by molar-refractivity contribution is -0.0720. The van der Waals surface area contributed by atoms with E-state index in [-0.39, 0.29) is 6.10 Å². The maximum atomic E-state index is 9.35. The monoisotopic (exact) mass is 287 g/mol. The predicted octanol–water partition coefficient (Wildman–Crippen LogP) is 1.22. The highest BCUT2D eigenvalue weighted by Crippen LogP contribution is 2.32. The normalized spacial score (nSPS) is 26.0. The van der Waals surface area contributed by atoms with Crippen molar-refractivity contribution in [2.24, 2.45) is 0 Å². The van der Waals surface area contributed by atoms with Crippen LogP contribution in [0.15, 0.2) is 12.1 Å². The number of morpholine rings is 1. The standard InChI is InChI=1S/C16H21N3O2/c1-11-13(3-4-15(20-2)14(11)7-17)16-9-19-6-5-18-8-12(19)10-21-16/h3-4,12,16,18H,5-6,8-10H2,1-2H3/t12-,16?/m1/s1. The Morgan fingerprint density at radius 3 is 3.10 bits per heavy atom. The van der Waals surface area contributed by atoms with Crippen LogP contribution in [-0.2, 0) is 4.74 Å². The molecule has 2 heterocycles. The molecule has 2 fully saturated rings. The van der Waals surface area contributed by atoms with Crippen molar-refractivity contribution in [3.8, 4) is 11.8 Å². The lowest BCUT2D eigenvalue weighted by atomic mass is 9.96. The Morgan fingerprint density at radius 1 is 1.48 bits per heavy atom. The van der Waals surface area contributed by atoms with E-state index in [2.05, 4.69) is 16.3 Å². The van der Waals surface area contributed by atoms with E-state index in [1.807, 2.05) is 19.1 Å². The Hall–Kier alpha value is -1.61. The fourth-order valence-corrected chi connectivity index (χ4v) is 3.25. The van der Waals surface area contributed by atoms with Crippen LogP contribution in [0.1, 0.15) is 22.8 Å². The zero-order chi connectivity index (χ0) is 14.8. The molecule has 3 rings (SSSR count). The van der Waals surface area contributed by atoms with Crippen molar-refractivity contribution in [3.63, 3.8) is 0 Å². The second kappa shape index (κ2) is 6.02. The molecule has 1 aromatic rings. The molecule has 2 atom stereocenters. The van der Waals surface area contributed by atoms with E-state index in [0.717, 1.165) is 43.9 Å². The van der Waals surface area contributed by atoms with E-state index in [1.165, 1.54) is 0 Å². The number of nitrogens with zero attached hydrogens (tertiary/aromatic N) is 2. The smallest absolute Gasteiger partial charge is 0.136 e. The van der Waals surface area contributed by atoms with Gasteiger partial charge in [0, 0.05) is 32.2 Å². The molecule has 0 aromatic heterocycles. The second-order valence-corrected chi connectivity index (χ2v) is 5.64. The number of nitrogens with one attached hydrogen (secondary N) is 1. The van der Waals surface area contributed by atoms with Crippen molar-refractivity contribution >= 4 is 0 Å². The number of benzene rings is 1. The number of methoxy groups -OCH3 is 1. The molecule has 2 aliphatic heterocycles. The van der Waals surface area contributed by atoms with Gasteiger partial charge in [0.1, 0.15) is 11.8 Å². The van der Waals surface area contributed by atoms with E-state index in [0.29, 0.717) is 17.4 Å². The van der Waals surface area contributed by atoms with Gasteiger partial charge in [0.25, 0.3) is 0 Å². The van der Waals surface area contributed by atoms with Crippen molar-refractivity contribution in [3.05, 3.63) is 28.8 Å². The number of fused-ring (bicyclic) bond motifs is 1. The Labute approximate surface area is 125 Å². The Balaban J connectivity index is 1.86. The number of rotatable bonds is 2. The van der Waals surface area contributed by atoms with Crippen LogP contribution in [0.2, 0.25) is 0 Å². The lowest BCUT2D eigenvalue weighted by Gasteiger charge is -2.43. The molecular formula is C16H21N3O2. The third-order valence-corrected chi connectivity index (χ3v) is 4.51. The van der Waals surface area contributed by atoms with Crippen LogP contribution >= 0.6 is 0 Å². The molecule has 1 aromatic carbocycles. The predicted molar refractivity (Wildman–Crippen MR) is 79.4 cm³/mol. The summed E-state index contributed by atoms with van der Waals surface area (Å²) in [6.45, 7) is 6.70. The van der Waals surface area contributed by atoms with Crippen LogP contribution in [0.5, 0.6) is 5.75 Å². The van der Waals surface area contributed by atoms with Gasteiger partial charge >= 0.3 is 0 Å². The van der Waals surface area contributed by atoms with Gasteiger partial charge in [-0.1, -0.05) is 6.07 Å². The fraction of sp³-hybridized carbons (Fsp3) is 0.562. The Morgan fingerprint density at radius 2 is 2.33 bits per heavy atom. The quantitative estimate of drug-likeness (QED) is 0.886. The minimum atomic E-state index is 0.0392. The number of hydrogen-bond donors (Lipinski definition) is 1. The summed E-state index contributed by atoms with van der Waals surface area (Å²) in [7, 11) is 1.59. The van der Waals surface area contributed by atoms with Gasteiger partial charge in [0.15, 0.2) is 0 Å². The maximum absolute atomic E-state index is 9.35. The largest absolute Gasteiger partial charge is 0.495 e. The third kappa shape index (κ3) is 2.62. The summed E-state index contributed by atoms with van der Waals surface area (Å²) in [6.07, 6.45) is 0.0392. The van der Waals surface area contributed by atoms with Crippen LogP contribution in [0.3, 0.4) is 0 Å². The lowest BCUT2D eigenvalue weighted by Crippen LogP contribution is -2.57. The molecule has 5 heteroatoms. The molecule has 1 unspecified atom stereocenters. The highest BCUT2D eigenvalue weighted by molar-refractivity contribution is 5.52. The van der Waals surface area contributed by atoms with Crippen molar-refractivity contribution < 1.29 is 9.47 Å². The average molecular weight is 287 g/mol. The Kier molecular flexibility index (Phi) is 4.11. The minimum Gasteiger partial charge on any atom is -0.495 e. The number of hydrogen-bond acceptors (Lipinski definition) is 5. The summed E-state index contributed by atoms with van der Waals surface area (Å²) >= 11 is 0. The molecule has 5 nitrogen and oxygen atoms in total. The summed E-state index contributed by atoms with van der Waals surface area (Å²) in [5.41, 5.74) is 2.68. The summed E-state index contributed by atoms with van der Waals surface area (Å²) in [4.78, 5) is 2.49. The van der Waals surface area contributed by atoms with E-state index in [9.17, 15) is 5.26 Å². The SMILES string of the molecule is COc1ccc(C2CN3CCNC[C@@H]3CO2)c(C)c1C#N. The van der Waals surface area contributed by atoms with Crippen molar-refractivity contribution in [1.29, 1.82) is 5.26 Å². The summed E-state index contributed by atoms with van der Waals surface area (Å²) < 4.78 is 11.3. The van der Waals surface area contributed by atoms with Crippen LogP contribution < -0.4 is 10.1 Å². The molecule has 0 saturated carbocycles. The molecule has 0 aliphatic carbocycles. The van der Waals surface area contributed by atoms with Crippen molar-refractivity contribution in [2.45, 2.75) is 19.1 Å². The molecule has 1 N–H and O–H groups in total. The van der Waals surface area contributed by atoms with Crippen molar-refractivity contribution in [1.82, 2.24) is 10.2 Å². The first kappa shape index (κ1) is 14.3. The van der Waals surface area contributed by atoms with Gasteiger partial charge in [-0.2, -0.15) is 5.26 Å². The van der Waals surface area contributed by atoms with Gasteiger partial charge in [-0.3, -0.25) is 4.90 Å². The first-order chi connectivity index (χ1) is 10.2. The molecule has 0 amide bonds. The Bertz CT molecular complexity index is 567. The summed E-state index contributed by atoms with van der Waals surface area (Å²) in [5.74, 6) is 0.634. The third-order valence-electron chi connectivity index (χ3n) is 4.51. The number of piperazine rings is 1. The highest BCUT2D eigenvalue weighted by Gasteiger charge is 2.32. The molecule has 21 heavy (non-hydrogen) atoms. The van der Waals surface area contributed by atoms with E-state index in [1.54, 1.807) is 7.11 Å². The first-order valence-corrected chi connectivity index (χ1v) is 7.38. The second-order valence-electron chi connectivity index (χ2n) is 5.64. The van der Waals surface area contributed by atoms with Gasteiger partial charge < -0.3 is 14.8 Å². The minimum absolute atomic E-state index is 0.0392. The highest BCUT2D eigenvalue weighted by atomic mass is 16.5. The zero-order valence-electron chi connectivity index (χ0n) is 12.6. The first-order valence-electron chi connectivity index (χ1n) is 7.38. The molecular weight excluding hydrogens is 266 g/mol. The molecule has 112 valence electrons. The average Bonchev–Trinajstić information content (AvgIpc) is 2.54. The van der Waals surface area contributed by atoms with Crippen LogP contribution in [0.4, 0.5) is 0 Å². The van der Waals surface area contributed by atoms with E-state index < -0.39 is 0 Å².